The summed E-state index contributed by atoms with van der Waals surface area (Å²) in [6, 6.07) is 4.89. The van der Waals surface area contributed by atoms with Gasteiger partial charge in [0.2, 0.25) is 0 Å². The zero-order chi connectivity index (χ0) is 15.3. The summed E-state index contributed by atoms with van der Waals surface area (Å²) in [5.41, 5.74) is 2.82. The first-order valence-corrected chi connectivity index (χ1v) is 9.31. The summed E-state index contributed by atoms with van der Waals surface area (Å²) in [6.07, 6.45) is 6.93. The highest BCUT2D eigenvalue weighted by Gasteiger charge is 2.29. The maximum Gasteiger partial charge on any atom is 0.0482 e. The lowest BCUT2D eigenvalue weighted by molar-refractivity contribution is 0.410. The fourth-order valence-electron chi connectivity index (χ4n) is 3.02. The molecule has 0 aliphatic heterocycles. The van der Waals surface area contributed by atoms with Crippen LogP contribution in [0, 0.1) is 0 Å². The molecule has 2 atom stereocenters. The largest absolute Gasteiger partial charge is 0.312 e. The molecule has 0 amide bonds. The first kappa shape index (κ1) is 16.8. The number of hydrogen-bond donors (Lipinski definition) is 1. The van der Waals surface area contributed by atoms with Gasteiger partial charge in [-0.2, -0.15) is 11.8 Å². The molecular formula is C18H30N2S. The normalized spacial score (nSPS) is 20.1. The van der Waals surface area contributed by atoms with Crippen LogP contribution < -0.4 is 5.32 Å². The molecule has 0 saturated carbocycles. The Morgan fingerprint density at radius 3 is 2.95 bits per heavy atom. The van der Waals surface area contributed by atoms with Crippen molar-refractivity contribution in [3.63, 3.8) is 0 Å². The molecule has 1 aliphatic carbocycles. The van der Waals surface area contributed by atoms with Crippen molar-refractivity contribution in [3.8, 4) is 0 Å². The SMILES string of the molecule is CCCNC(CSC(C)(C)C)C1CCCc2cccnc21. The van der Waals surface area contributed by atoms with E-state index < -0.39 is 0 Å². The molecule has 3 heteroatoms. The maximum absolute atomic E-state index is 4.72. The van der Waals surface area contributed by atoms with Gasteiger partial charge in [0.05, 0.1) is 0 Å². The third-order valence-corrected chi connectivity index (χ3v) is 5.47. The predicted octanol–water partition coefficient (Wildman–Crippen LogP) is 4.40. The Labute approximate surface area is 134 Å². The Morgan fingerprint density at radius 2 is 2.24 bits per heavy atom. The molecule has 1 aliphatic rings. The minimum absolute atomic E-state index is 0.327. The van der Waals surface area contributed by atoms with Crippen LogP contribution in [0.2, 0.25) is 0 Å². The summed E-state index contributed by atoms with van der Waals surface area (Å²) in [4.78, 5) is 4.72. The van der Waals surface area contributed by atoms with Crippen molar-refractivity contribution in [2.75, 3.05) is 12.3 Å². The Bertz CT molecular complexity index is 439. The number of hydrogen-bond acceptors (Lipinski definition) is 3. The number of aryl methyl sites for hydroxylation is 1. The van der Waals surface area contributed by atoms with Crippen LogP contribution in [0.1, 0.15) is 64.1 Å². The first-order chi connectivity index (χ1) is 10.0. The van der Waals surface area contributed by atoms with E-state index in [-0.39, 0.29) is 0 Å². The average Bonchev–Trinajstić information content (AvgIpc) is 2.46. The Hall–Kier alpha value is -0.540. The fourth-order valence-corrected chi connectivity index (χ4v) is 4.05. The van der Waals surface area contributed by atoms with Crippen LogP contribution in [-0.2, 0) is 6.42 Å². The zero-order valence-electron chi connectivity index (χ0n) is 14.0. The van der Waals surface area contributed by atoms with Gasteiger partial charge in [-0.05, 0) is 43.9 Å². The van der Waals surface area contributed by atoms with Crippen molar-refractivity contribution in [2.24, 2.45) is 0 Å². The molecule has 0 fully saturated rings. The van der Waals surface area contributed by atoms with Crippen LogP contribution in [-0.4, -0.2) is 28.1 Å². The smallest absolute Gasteiger partial charge is 0.0482 e. The molecule has 2 rings (SSSR count). The van der Waals surface area contributed by atoms with E-state index in [2.05, 4.69) is 56.9 Å². The van der Waals surface area contributed by atoms with E-state index in [4.69, 9.17) is 4.98 Å². The van der Waals surface area contributed by atoms with E-state index in [9.17, 15) is 0 Å². The second-order valence-electron chi connectivity index (χ2n) is 7.03. The van der Waals surface area contributed by atoms with E-state index in [1.807, 2.05) is 6.20 Å². The van der Waals surface area contributed by atoms with Crippen molar-refractivity contribution in [2.45, 2.75) is 70.1 Å². The summed E-state index contributed by atoms with van der Waals surface area (Å²) >= 11 is 2.07. The Kier molecular flexibility index (Phi) is 6.12. The summed E-state index contributed by atoms with van der Waals surface area (Å²) in [5, 5.41) is 3.79. The van der Waals surface area contributed by atoms with E-state index in [0.29, 0.717) is 16.7 Å². The molecule has 1 heterocycles. The van der Waals surface area contributed by atoms with E-state index in [1.54, 1.807) is 0 Å². The van der Waals surface area contributed by atoms with Gasteiger partial charge in [0.1, 0.15) is 0 Å². The Balaban J connectivity index is 2.13. The second kappa shape index (κ2) is 7.64. The number of pyridine rings is 1. The number of nitrogens with zero attached hydrogens (tertiary/aromatic N) is 1. The van der Waals surface area contributed by atoms with Gasteiger partial charge in [0, 0.05) is 34.4 Å². The molecule has 21 heavy (non-hydrogen) atoms. The van der Waals surface area contributed by atoms with E-state index >= 15 is 0 Å². The lowest BCUT2D eigenvalue weighted by Crippen LogP contribution is -2.40. The van der Waals surface area contributed by atoms with Crippen LogP contribution in [0.25, 0.3) is 0 Å². The van der Waals surface area contributed by atoms with E-state index in [1.165, 1.54) is 42.7 Å². The molecule has 2 nitrogen and oxygen atoms in total. The topological polar surface area (TPSA) is 24.9 Å². The summed E-state index contributed by atoms with van der Waals surface area (Å²) in [5.74, 6) is 1.75. The van der Waals surface area contributed by atoms with Gasteiger partial charge in [0.25, 0.3) is 0 Å². The van der Waals surface area contributed by atoms with Crippen molar-refractivity contribution in [1.82, 2.24) is 10.3 Å². The highest BCUT2D eigenvalue weighted by Crippen LogP contribution is 2.35. The molecule has 2 unspecified atom stereocenters. The summed E-state index contributed by atoms with van der Waals surface area (Å²) < 4.78 is 0.327. The molecule has 0 bridgehead atoms. The van der Waals surface area contributed by atoms with Gasteiger partial charge < -0.3 is 5.32 Å². The lowest BCUT2D eigenvalue weighted by atomic mass is 9.82. The van der Waals surface area contributed by atoms with Gasteiger partial charge in [-0.1, -0.05) is 33.8 Å². The lowest BCUT2D eigenvalue weighted by Gasteiger charge is -2.33. The van der Waals surface area contributed by atoms with Crippen molar-refractivity contribution in [1.29, 1.82) is 0 Å². The number of nitrogens with one attached hydrogen (secondary N) is 1. The van der Waals surface area contributed by atoms with Crippen molar-refractivity contribution in [3.05, 3.63) is 29.6 Å². The zero-order valence-corrected chi connectivity index (χ0v) is 14.8. The third-order valence-electron chi connectivity index (χ3n) is 4.08. The quantitative estimate of drug-likeness (QED) is 0.843. The van der Waals surface area contributed by atoms with Gasteiger partial charge >= 0.3 is 0 Å². The maximum atomic E-state index is 4.72. The number of fused-ring (bicyclic) bond motifs is 1. The second-order valence-corrected chi connectivity index (χ2v) is 8.88. The minimum Gasteiger partial charge on any atom is -0.312 e. The van der Waals surface area contributed by atoms with Gasteiger partial charge in [0.15, 0.2) is 0 Å². The monoisotopic (exact) mass is 306 g/mol. The summed E-state index contributed by atoms with van der Waals surface area (Å²) in [7, 11) is 0. The number of aromatic nitrogens is 1. The van der Waals surface area contributed by atoms with Crippen LogP contribution >= 0.6 is 11.8 Å². The first-order valence-electron chi connectivity index (χ1n) is 8.32. The molecule has 1 aromatic heterocycles. The molecule has 1 aromatic rings. The van der Waals surface area contributed by atoms with E-state index in [0.717, 1.165) is 6.54 Å². The van der Waals surface area contributed by atoms with Crippen LogP contribution in [0.15, 0.2) is 18.3 Å². The predicted molar refractivity (Wildman–Crippen MR) is 94.2 cm³/mol. The number of thioether (sulfide) groups is 1. The standard InChI is InChI=1S/C18H30N2S/c1-5-11-19-16(13-21-18(2,3)4)15-10-6-8-14-9-7-12-20-17(14)15/h7,9,12,15-16,19H,5-6,8,10-11,13H2,1-4H3. The Morgan fingerprint density at radius 1 is 1.43 bits per heavy atom. The fraction of sp³-hybridized carbons (Fsp3) is 0.722. The molecular weight excluding hydrogens is 276 g/mol. The van der Waals surface area contributed by atoms with Gasteiger partial charge in [-0.3, -0.25) is 4.98 Å². The summed E-state index contributed by atoms with van der Waals surface area (Å²) in [6.45, 7) is 10.3. The van der Waals surface area contributed by atoms with Crippen LogP contribution in [0.5, 0.6) is 0 Å². The van der Waals surface area contributed by atoms with Crippen LogP contribution in [0.3, 0.4) is 0 Å². The van der Waals surface area contributed by atoms with Crippen molar-refractivity contribution < 1.29 is 0 Å². The average molecular weight is 307 g/mol. The van der Waals surface area contributed by atoms with Gasteiger partial charge in [-0.25, -0.2) is 0 Å². The number of rotatable bonds is 6. The molecule has 1 N–H and O–H groups in total. The third kappa shape index (κ3) is 5.00. The molecule has 0 radical (unpaired) electrons. The minimum atomic E-state index is 0.327. The molecule has 118 valence electrons. The highest BCUT2D eigenvalue weighted by molar-refractivity contribution is 8.00. The van der Waals surface area contributed by atoms with Crippen molar-refractivity contribution >= 4 is 11.8 Å². The molecule has 0 saturated heterocycles. The van der Waals surface area contributed by atoms with Crippen LogP contribution in [0.4, 0.5) is 0 Å². The highest BCUT2D eigenvalue weighted by atomic mass is 32.2. The molecule has 0 aromatic carbocycles. The molecule has 0 spiro atoms. The van der Waals surface area contributed by atoms with Gasteiger partial charge in [-0.15, -0.1) is 0 Å².